The van der Waals surface area contributed by atoms with Crippen LogP contribution in [-0.4, -0.2) is 37.2 Å². The molecule has 1 aliphatic heterocycles. The molecule has 0 radical (unpaired) electrons. The van der Waals surface area contributed by atoms with Crippen LogP contribution in [0.4, 0.5) is 0 Å². The fraction of sp³-hybridized carbons (Fsp3) is 0.462. The van der Waals surface area contributed by atoms with E-state index >= 15 is 0 Å². The van der Waals surface area contributed by atoms with Crippen molar-refractivity contribution in [3.8, 4) is 5.75 Å². The third-order valence-corrected chi connectivity index (χ3v) is 4.41. The zero-order valence-corrected chi connectivity index (χ0v) is 11.0. The summed E-state index contributed by atoms with van der Waals surface area (Å²) in [4.78, 5) is 11.1. The van der Waals surface area contributed by atoms with Crippen molar-refractivity contribution in [3.63, 3.8) is 0 Å². The summed E-state index contributed by atoms with van der Waals surface area (Å²) in [7, 11) is 1.40. The number of phenolic OH excluding ortho intramolecular Hbond substituents is 1. The van der Waals surface area contributed by atoms with E-state index in [1.807, 2.05) is 12.1 Å². The second kappa shape index (κ2) is 5.63. The first-order chi connectivity index (χ1) is 8.66. The average molecular weight is 268 g/mol. The Balaban J connectivity index is 1.98. The van der Waals surface area contributed by atoms with E-state index < -0.39 is 0 Å². The fourth-order valence-corrected chi connectivity index (χ4v) is 3.11. The van der Waals surface area contributed by atoms with E-state index in [1.165, 1.54) is 7.11 Å². The Kier molecular flexibility index (Phi) is 4.14. The van der Waals surface area contributed by atoms with Crippen LogP contribution in [0.2, 0.25) is 0 Å². The number of hydrogen-bond donors (Lipinski definition) is 1. The summed E-state index contributed by atoms with van der Waals surface area (Å²) < 4.78 is 9.85. The third kappa shape index (κ3) is 2.79. The molecule has 0 aromatic heterocycles. The van der Waals surface area contributed by atoms with Gasteiger partial charge in [0, 0.05) is 5.75 Å². The van der Waals surface area contributed by atoms with Gasteiger partial charge in [-0.2, -0.15) is 0 Å². The first-order valence-corrected chi connectivity index (χ1v) is 6.73. The van der Waals surface area contributed by atoms with Gasteiger partial charge < -0.3 is 14.6 Å². The van der Waals surface area contributed by atoms with Gasteiger partial charge in [-0.25, -0.2) is 0 Å². The maximum Gasteiger partial charge on any atom is 0.306 e. The molecule has 0 aliphatic carbocycles. The summed E-state index contributed by atoms with van der Waals surface area (Å²) in [6, 6.07) is 7.17. The van der Waals surface area contributed by atoms with Crippen molar-refractivity contribution in [1.82, 2.24) is 0 Å². The van der Waals surface area contributed by atoms with Crippen LogP contribution in [0.5, 0.6) is 5.75 Å². The number of aromatic hydroxyl groups is 1. The van der Waals surface area contributed by atoms with Gasteiger partial charge in [0.1, 0.15) is 5.75 Å². The number of rotatable bonds is 5. The number of methoxy groups -OCH3 is 1. The topological polar surface area (TPSA) is 55.8 Å². The van der Waals surface area contributed by atoms with Crippen LogP contribution < -0.4 is 0 Å². The van der Waals surface area contributed by atoms with E-state index in [1.54, 1.807) is 23.9 Å². The number of phenols is 1. The van der Waals surface area contributed by atoms with E-state index in [2.05, 4.69) is 4.74 Å². The first kappa shape index (κ1) is 13.2. The van der Waals surface area contributed by atoms with Gasteiger partial charge in [-0.05, 0) is 17.7 Å². The van der Waals surface area contributed by atoms with E-state index in [4.69, 9.17) is 4.74 Å². The van der Waals surface area contributed by atoms with E-state index in [9.17, 15) is 9.90 Å². The molecule has 18 heavy (non-hydrogen) atoms. The van der Waals surface area contributed by atoms with Gasteiger partial charge in [-0.1, -0.05) is 12.1 Å². The van der Waals surface area contributed by atoms with Gasteiger partial charge in [-0.3, -0.25) is 4.79 Å². The number of hydrogen-bond acceptors (Lipinski definition) is 5. The smallest absolute Gasteiger partial charge is 0.306 e. The minimum absolute atomic E-state index is 0.0816. The molecule has 2 rings (SSSR count). The number of carbonyl (C=O) groups is 1. The van der Waals surface area contributed by atoms with Crippen molar-refractivity contribution in [2.75, 3.05) is 26.1 Å². The van der Waals surface area contributed by atoms with Crippen molar-refractivity contribution >= 4 is 17.7 Å². The summed E-state index contributed by atoms with van der Waals surface area (Å²) >= 11 is 1.71. The zero-order valence-electron chi connectivity index (χ0n) is 10.2. The van der Waals surface area contributed by atoms with Crippen molar-refractivity contribution in [2.45, 2.75) is 11.2 Å². The van der Waals surface area contributed by atoms with Crippen LogP contribution in [0, 0.1) is 0 Å². The zero-order chi connectivity index (χ0) is 13.0. The van der Waals surface area contributed by atoms with E-state index in [-0.39, 0.29) is 16.5 Å². The minimum atomic E-state index is -0.191. The quantitative estimate of drug-likeness (QED) is 0.827. The number of ether oxygens (including phenoxy) is 2. The first-order valence-electron chi connectivity index (χ1n) is 5.74. The summed E-state index contributed by atoms with van der Waals surface area (Å²) in [6.45, 7) is 1.28. The fourth-order valence-electron chi connectivity index (χ4n) is 1.82. The van der Waals surface area contributed by atoms with Gasteiger partial charge in [0.15, 0.2) is 0 Å². The SMILES string of the molecule is COC(=O)CCSC1(c2ccc(O)cc2)COC1. The summed E-state index contributed by atoms with van der Waals surface area (Å²) in [6.07, 6.45) is 0.404. The molecule has 1 heterocycles. The van der Waals surface area contributed by atoms with Crippen LogP contribution in [0.3, 0.4) is 0 Å². The van der Waals surface area contributed by atoms with Crippen LogP contribution >= 0.6 is 11.8 Å². The molecule has 0 spiro atoms. The minimum Gasteiger partial charge on any atom is -0.508 e. The molecule has 1 saturated heterocycles. The second-order valence-corrected chi connectivity index (χ2v) is 5.69. The number of thioether (sulfide) groups is 1. The molecule has 0 bridgehead atoms. The van der Waals surface area contributed by atoms with Crippen LogP contribution in [0.15, 0.2) is 24.3 Å². The standard InChI is InChI=1S/C13H16O4S/c1-16-12(15)6-7-18-13(8-17-9-13)10-2-4-11(14)5-3-10/h2-5,14H,6-9H2,1H3. The Labute approximate surface area is 110 Å². The Bertz CT molecular complexity index is 412. The normalized spacial score (nSPS) is 16.9. The Morgan fingerprint density at radius 1 is 1.44 bits per heavy atom. The Hall–Kier alpha value is -1.20. The van der Waals surface area contributed by atoms with Crippen LogP contribution in [-0.2, 0) is 19.0 Å². The van der Waals surface area contributed by atoms with Crippen molar-refractivity contribution < 1.29 is 19.4 Å². The maximum atomic E-state index is 11.1. The van der Waals surface area contributed by atoms with Crippen LogP contribution in [0.25, 0.3) is 0 Å². The highest BCUT2D eigenvalue weighted by molar-refractivity contribution is 8.00. The van der Waals surface area contributed by atoms with Crippen molar-refractivity contribution in [3.05, 3.63) is 29.8 Å². The molecule has 0 unspecified atom stereocenters. The largest absolute Gasteiger partial charge is 0.508 e. The predicted octanol–water partition coefficient (Wildman–Crippen LogP) is 1.91. The second-order valence-electron chi connectivity index (χ2n) is 4.21. The predicted molar refractivity (Wildman–Crippen MR) is 69.7 cm³/mol. The number of esters is 1. The number of carbonyl (C=O) groups excluding carboxylic acids is 1. The maximum absolute atomic E-state index is 11.1. The lowest BCUT2D eigenvalue weighted by molar-refractivity contribution is -0.140. The molecule has 1 N–H and O–H groups in total. The molecule has 1 aromatic rings. The molecule has 0 atom stereocenters. The lowest BCUT2D eigenvalue weighted by Crippen LogP contribution is -2.44. The van der Waals surface area contributed by atoms with Crippen molar-refractivity contribution in [1.29, 1.82) is 0 Å². The Morgan fingerprint density at radius 2 is 2.11 bits per heavy atom. The summed E-state index contributed by atoms with van der Waals surface area (Å²) in [5.74, 6) is 0.772. The van der Waals surface area contributed by atoms with Gasteiger partial charge in [-0.15, -0.1) is 11.8 Å². The highest BCUT2D eigenvalue weighted by Crippen LogP contribution is 2.43. The molecule has 0 amide bonds. The molecule has 0 saturated carbocycles. The van der Waals surface area contributed by atoms with Crippen LogP contribution in [0.1, 0.15) is 12.0 Å². The average Bonchev–Trinajstić information content (AvgIpc) is 2.33. The molecular formula is C13H16O4S. The molecule has 4 nitrogen and oxygen atoms in total. The summed E-state index contributed by atoms with van der Waals surface area (Å²) in [5, 5.41) is 9.29. The monoisotopic (exact) mass is 268 g/mol. The molecule has 1 fully saturated rings. The van der Waals surface area contributed by atoms with E-state index in [0.29, 0.717) is 25.4 Å². The Morgan fingerprint density at radius 3 is 2.61 bits per heavy atom. The molecule has 1 aromatic carbocycles. The van der Waals surface area contributed by atoms with Gasteiger partial charge >= 0.3 is 5.97 Å². The van der Waals surface area contributed by atoms with Gasteiger partial charge in [0.2, 0.25) is 0 Å². The van der Waals surface area contributed by atoms with Gasteiger partial charge in [0.25, 0.3) is 0 Å². The van der Waals surface area contributed by atoms with Crippen molar-refractivity contribution in [2.24, 2.45) is 0 Å². The molecule has 5 heteroatoms. The molecule has 1 aliphatic rings. The lowest BCUT2D eigenvalue weighted by atomic mass is 9.96. The summed E-state index contributed by atoms with van der Waals surface area (Å²) in [5.41, 5.74) is 1.13. The molecule has 98 valence electrons. The van der Waals surface area contributed by atoms with E-state index in [0.717, 1.165) is 5.56 Å². The highest BCUT2D eigenvalue weighted by atomic mass is 32.2. The third-order valence-electron chi connectivity index (χ3n) is 2.98. The van der Waals surface area contributed by atoms with Gasteiger partial charge in [0.05, 0.1) is 31.5 Å². The number of benzene rings is 1. The molecular weight excluding hydrogens is 252 g/mol. The lowest BCUT2D eigenvalue weighted by Gasteiger charge is -2.41. The highest BCUT2D eigenvalue weighted by Gasteiger charge is 2.40.